The van der Waals surface area contributed by atoms with E-state index in [0.717, 1.165) is 44.8 Å². The minimum Gasteiger partial charge on any atom is -0.306 e. The number of likely N-dealkylation sites (N-methyl/N-ethyl adjacent to an activating group) is 2. The fraction of sp³-hybridized carbons (Fsp3) is 0.296. The lowest BCUT2D eigenvalue weighted by Crippen LogP contribution is -2.61. The fourth-order valence-electron chi connectivity index (χ4n) is 13.8. The van der Waals surface area contributed by atoms with Crippen molar-refractivity contribution in [1.82, 2.24) is 9.80 Å². The molecule has 0 bridgehead atoms. The quantitative estimate of drug-likeness (QED) is 0.161. The summed E-state index contributed by atoms with van der Waals surface area (Å²) in [6, 6.07) is 40.3. The largest absolute Gasteiger partial charge is 0.306 e. The van der Waals surface area contributed by atoms with Gasteiger partial charge in [0, 0.05) is 71.6 Å². The summed E-state index contributed by atoms with van der Waals surface area (Å²) in [5.41, 5.74) is 4.04. The minimum absolute atomic E-state index is 0.00801. The molecule has 0 unspecified atom stereocenters. The third-order valence-electron chi connectivity index (χ3n) is 16.1. The van der Waals surface area contributed by atoms with Crippen molar-refractivity contribution in [1.29, 1.82) is 0 Å². The molecule has 8 heteroatoms. The van der Waals surface area contributed by atoms with Gasteiger partial charge in [-0.25, -0.2) is 0 Å². The Balaban J connectivity index is 1.08. The number of rotatable bonds is 6. The van der Waals surface area contributed by atoms with E-state index in [1.54, 1.807) is 12.2 Å². The molecule has 8 nitrogen and oxygen atoms in total. The Kier molecular flexibility index (Phi) is 8.51. The van der Waals surface area contributed by atoms with Gasteiger partial charge in [-0.3, -0.25) is 29.0 Å². The van der Waals surface area contributed by atoms with Gasteiger partial charge in [0.2, 0.25) is 0 Å². The molecule has 310 valence electrons. The number of amides is 2. The van der Waals surface area contributed by atoms with Crippen LogP contribution in [-0.2, 0) is 33.5 Å². The molecule has 62 heavy (non-hydrogen) atoms. The van der Waals surface area contributed by atoms with Crippen LogP contribution in [-0.4, -0.2) is 73.5 Å². The van der Waals surface area contributed by atoms with Crippen LogP contribution in [0.15, 0.2) is 147 Å². The topological polar surface area (TPSA) is 81.2 Å². The first-order valence-corrected chi connectivity index (χ1v) is 22.0. The van der Waals surface area contributed by atoms with Crippen molar-refractivity contribution in [2.24, 2.45) is 10.8 Å². The van der Waals surface area contributed by atoms with Crippen LogP contribution in [0.25, 0.3) is 0 Å². The van der Waals surface area contributed by atoms with Gasteiger partial charge in [-0.2, -0.15) is 0 Å². The Bertz CT molecular complexity index is 2590. The van der Waals surface area contributed by atoms with Crippen molar-refractivity contribution in [2.45, 2.75) is 48.6 Å². The standard InChI is InChI=1S/C54H50N4O4/c1-5-31-57-45-21-13-11-19-41(45)53(49(57)61)51(29-27-35-15-7-9-17-39(35)47(51)59)43(33-55(53)3)37-23-25-38(26-24-37)44-34-56(4)54(42-20-12-14-22-46(42)58(32-6-2)50(54)62)52(44)30-28-36-16-8-10-18-40(36)48(52)60/h5-26,43-44H,1-2,27-34H2,3-4H3/t43-,44+,51+,52-,53+,54-. The Morgan fingerprint density at radius 1 is 0.532 bits per heavy atom. The van der Waals surface area contributed by atoms with Gasteiger partial charge in [-0.1, -0.05) is 121 Å². The molecular weight excluding hydrogens is 769 g/mol. The molecule has 0 N–H and O–H groups in total. The lowest BCUT2D eigenvalue weighted by Gasteiger charge is -2.49. The van der Waals surface area contributed by atoms with E-state index in [4.69, 9.17) is 0 Å². The first-order chi connectivity index (χ1) is 30.1. The first kappa shape index (κ1) is 38.7. The van der Waals surface area contributed by atoms with Crippen molar-refractivity contribution in [3.63, 3.8) is 0 Å². The highest BCUT2D eigenvalue weighted by atomic mass is 16.2. The second-order valence-corrected chi connectivity index (χ2v) is 18.3. The Morgan fingerprint density at radius 2 is 0.903 bits per heavy atom. The number of likely N-dealkylation sites (tertiary alicyclic amines) is 2. The fourth-order valence-corrected chi connectivity index (χ4v) is 13.8. The van der Waals surface area contributed by atoms with E-state index in [9.17, 15) is 0 Å². The molecule has 2 amide bonds. The molecule has 0 saturated carbocycles. The predicted octanol–water partition coefficient (Wildman–Crippen LogP) is 8.23. The Labute approximate surface area is 363 Å². The average Bonchev–Trinajstić information content (AvgIpc) is 3.91. The molecule has 0 aromatic heterocycles. The third-order valence-corrected chi connectivity index (χ3v) is 16.1. The first-order valence-electron chi connectivity index (χ1n) is 22.0. The number of para-hydroxylation sites is 2. The van der Waals surface area contributed by atoms with Crippen molar-refractivity contribution in [3.05, 3.63) is 191 Å². The van der Waals surface area contributed by atoms with Gasteiger partial charge in [0.25, 0.3) is 11.8 Å². The smallest absolute Gasteiger partial charge is 0.253 e. The lowest BCUT2D eigenvalue weighted by molar-refractivity contribution is -0.133. The Morgan fingerprint density at radius 3 is 1.31 bits per heavy atom. The van der Waals surface area contributed by atoms with E-state index >= 15 is 19.2 Å². The van der Waals surface area contributed by atoms with Crippen LogP contribution < -0.4 is 9.80 Å². The summed E-state index contributed by atoms with van der Waals surface area (Å²) in [5.74, 6) is -0.806. The number of ketones is 2. The highest BCUT2D eigenvalue weighted by molar-refractivity contribution is 6.17. The van der Waals surface area contributed by atoms with Gasteiger partial charge in [-0.05, 0) is 74.2 Å². The molecule has 2 saturated heterocycles. The van der Waals surface area contributed by atoms with Crippen LogP contribution in [0.1, 0.15) is 78.8 Å². The summed E-state index contributed by atoms with van der Waals surface area (Å²) in [7, 11) is 4.01. The number of Topliss-reactive ketones (excluding diaryl/α,β-unsaturated/α-hetero) is 2. The minimum atomic E-state index is -1.24. The van der Waals surface area contributed by atoms with Crippen LogP contribution in [0.4, 0.5) is 11.4 Å². The normalized spacial score (nSPS) is 29.8. The average molecular weight is 819 g/mol. The number of anilines is 2. The zero-order chi connectivity index (χ0) is 42.8. The number of carbonyl (C=O) groups is 4. The molecule has 4 heterocycles. The number of hydrogen-bond donors (Lipinski definition) is 0. The summed E-state index contributed by atoms with van der Waals surface area (Å²) in [5, 5.41) is 0. The molecule has 4 spiro atoms. The van der Waals surface area contributed by atoms with Gasteiger partial charge >= 0.3 is 0 Å². The van der Waals surface area contributed by atoms with Crippen LogP contribution >= 0.6 is 0 Å². The molecule has 6 aliphatic rings. The highest BCUT2D eigenvalue weighted by Crippen LogP contribution is 2.69. The molecule has 0 radical (unpaired) electrons. The molecule has 11 rings (SSSR count). The van der Waals surface area contributed by atoms with E-state index in [0.29, 0.717) is 63.0 Å². The van der Waals surface area contributed by atoms with Crippen molar-refractivity contribution in [3.8, 4) is 0 Å². The van der Waals surface area contributed by atoms with Crippen LogP contribution in [0, 0.1) is 10.8 Å². The maximum atomic E-state index is 15.6. The van der Waals surface area contributed by atoms with Gasteiger partial charge in [0.15, 0.2) is 11.6 Å². The maximum Gasteiger partial charge on any atom is 0.253 e. The zero-order valence-electron chi connectivity index (χ0n) is 35.3. The van der Waals surface area contributed by atoms with E-state index in [2.05, 4.69) is 47.2 Å². The number of aryl methyl sites for hydroxylation is 2. The maximum absolute atomic E-state index is 15.6. The second-order valence-electron chi connectivity index (χ2n) is 18.3. The second kappa shape index (κ2) is 13.6. The predicted molar refractivity (Wildman–Crippen MR) is 242 cm³/mol. The van der Waals surface area contributed by atoms with Crippen LogP contribution in [0.2, 0.25) is 0 Å². The summed E-state index contributed by atoms with van der Waals surface area (Å²) in [6.45, 7) is 9.66. The van der Waals surface area contributed by atoms with E-state index < -0.39 is 21.9 Å². The molecule has 5 aromatic rings. The number of fused-ring (bicyclic) bond motifs is 8. The molecule has 2 fully saturated rings. The SMILES string of the molecule is C=CCN1C(=O)[C@]2(c3ccccc31)N(C)C[C@H](c1ccc([C@@H]3CN(C)[C@]4(C(=O)N(CC=C)c5ccccc54)[C@]34CCc3ccccc3C4=O)cc1)[C@]21CCc2ccccc2C1=O. The van der Waals surface area contributed by atoms with Gasteiger partial charge in [0.1, 0.15) is 11.1 Å². The van der Waals surface area contributed by atoms with Gasteiger partial charge in [-0.15, -0.1) is 13.2 Å². The number of benzene rings is 5. The molecule has 6 atom stereocenters. The highest BCUT2D eigenvalue weighted by Gasteiger charge is 2.76. The molecule has 2 aliphatic carbocycles. The molecular formula is C54H50N4O4. The van der Waals surface area contributed by atoms with Gasteiger partial charge in [0.05, 0.1) is 10.8 Å². The summed E-state index contributed by atoms with van der Waals surface area (Å²) < 4.78 is 0. The monoisotopic (exact) mass is 818 g/mol. The Hall–Kier alpha value is -6.22. The van der Waals surface area contributed by atoms with E-state index in [1.807, 2.05) is 121 Å². The van der Waals surface area contributed by atoms with Crippen molar-refractivity contribution < 1.29 is 19.2 Å². The van der Waals surface area contributed by atoms with Crippen LogP contribution in [0.5, 0.6) is 0 Å². The molecule has 4 aliphatic heterocycles. The third kappa shape index (κ3) is 4.44. The summed E-state index contributed by atoms with van der Waals surface area (Å²) >= 11 is 0. The van der Waals surface area contributed by atoms with E-state index in [-0.39, 0.29) is 35.2 Å². The van der Waals surface area contributed by atoms with Crippen molar-refractivity contribution >= 4 is 34.8 Å². The zero-order valence-corrected chi connectivity index (χ0v) is 35.3. The molecule has 5 aromatic carbocycles. The number of hydrogen-bond acceptors (Lipinski definition) is 6. The van der Waals surface area contributed by atoms with Crippen molar-refractivity contribution in [2.75, 3.05) is 50.1 Å². The lowest BCUT2D eigenvalue weighted by atomic mass is 9.53. The number of nitrogens with zero attached hydrogens (tertiary/aromatic N) is 4. The van der Waals surface area contributed by atoms with Gasteiger partial charge < -0.3 is 9.80 Å². The van der Waals surface area contributed by atoms with Crippen LogP contribution in [0.3, 0.4) is 0 Å². The number of carbonyl (C=O) groups excluding carboxylic acids is 4. The summed E-state index contributed by atoms with van der Waals surface area (Å²) in [6.07, 6.45) is 5.87. The summed E-state index contributed by atoms with van der Waals surface area (Å²) in [4.78, 5) is 69.9. The van der Waals surface area contributed by atoms with E-state index in [1.165, 1.54) is 0 Å².